The molecule has 0 saturated heterocycles. The molecule has 0 aromatic heterocycles. The van der Waals surface area contributed by atoms with Crippen LogP contribution < -0.4 is 0 Å². The lowest BCUT2D eigenvalue weighted by Gasteiger charge is -2.14. The second kappa shape index (κ2) is 3.03. The topological polar surface area (TPSA) is 29.5 Å². The van der Waals surface area contributed by atoms with E-state index in [9.17, 15) is 13.2 Å². The van der Waals surface area contributed by atoms with Crippen LogP contribution >= 0.6 is 0 Å². The Bertz CT molecular complexity index is 83.9. The van der Waals surface area contributed by atoms with Crippen LogP contribution in [0, 0.1) is 0 Å². The fourth-order valence-electron chi connectivity index (χ4n) is 0.281. The zero-order valence-corrected chi connectivity index (χ0v) is 4.77. The maximum absolute atomic E-state index is 11.6. The Balaban J connectivity index is 3.58. The molecule has 5 heteroatoms. The van der Waals surface area contributed by atoms with Crippen molar-refractivity contribution in [2.75, 3.05) is 6.67 Å². The standard InChI is InChI=1S/C4H7F3O2/c1-3(8)9-4(6,7)2-5/h3,8H,2H2,1H3. The molecule has 0 heterocycles. The molecular weight excluding hydrogens is 137 g/mol. The quantitative estimate of drug-likeness (QED) is 0.596. The molecule has 0 fully saturated rings. The Hall–Kier alpha value is -0.290. The molecule has 0 radical (unpaired) electrons. The van der Waals surface area contributed by atoms with Crippen LogP contribution in [0.3, 0.4) is 0 Å². The predicted octanol–water partition coefficient (Wildman–Crippen LogP) is 0.904. The molecule has 0 aliphatic carbocycles. The lowest BCUT2D eigenvalue weighted by atomic mass is 10.6. The molecule has 1 N–H and O–H groups in total. The number of alkyl halides is 3. The molecule has 0 bridgehead atoms. The van der Waals surface area contributed by atoms with Crippen molar-refractivity contribution in [3.8, 4) is 0 Å². The van der Waals surface area contributed by atoms with E-state index in [0.717, 1.165) is 6.92 Å². The van der Waals surface area contributed by atoms with Gasteiger partial charge in [0.05, 0.1) is 0 Å². The molecule has 0 aliphatic heterocycles. The summed E-state index contributed by atoms with van der Waals surface area (Å²) in [7, 11) is 0. The second-order valence-electron chi connectivity index (χ2n) is 1.49. The maximum Gasteiger partial charge on any atom is 0.386 e. The van der Waals surface area contributed by atoms with Crippen molar-refractivity contribution in [1.82, 2.24) is 0 Å². The van der Waals surface area contributed by atoms with Gasteiger partial charge in [0.15, 0.2) is 13.0 Å². The molecule has 0 saturated carbocycles. The number of rotatable bonds is 3. The summed E-state index contributed by atoms with van der Waals surface area (Å²) in [6.07, 6.45) is -5.50. The van der Waals surface area contributed by atoms with E-state index in [-0.39, 0.29) is 0 Å². The van der Waals surface area contributed by atoms with Crippen molar-refractivity contribution in [3.63, 3.8) is 0 Å². The molecule has 0 aromatic rings. The highest BCUT2D eigenvalue weighted by atomic mass is 19.3. The van der Waals surface area contributed by atoms with E-state index < -0.39 is 19.1 Å². The van der Waals surface area contributed by atoms with Crippen LogP contribution in [0.4, 0.5) is 13.2 Å². The summed E-state index contributed by atoms with van der Waals surface area (Å²) in [5.74, 6) is 0. The number of ether oxygens (including phenoxy) is 1. The van der Waals surface area contributed by atoms with Gasteiger partial charge in [0.2, 0.25) is 0 Å². The van der Waals surface area contributed by atoms with Crippen molar-refractivity contribution in [2.45, 2.75) is 19.3 Å². The van der Waals surface area contributed by atoms with Crippen LogP contribution in [0.1, 0.15) is 6.92 Å². The van der Waals surface area contributed by atoms with Crippen molar-refractivity contribution in [3.05, 3.63) is 0 Å². The third kappa shape index (κ3) is 4.23. The van der Waals surface area contributed by atoms with E-state index in [2.05, 4.69) is 4.74 Å². The minimum Gasteiger partial charge on any atom is -0.368 e. The van der Waals surface area contributed by atoms with Gasteiger partial charge in [-0.05, 0) is 6.92 Å². The Morgan fingerprint density at radius 3 is 2.22 bits per heavy atom. The molecular formula is C4H7F3O2. The summed E-state index contributed by atoms with van der Waals surface area (Å²) in [5.41, 5.74) is 0. The van der Waals surface area contributed by atoms with E-state index in [4.69, 9.17) is 5.11 Å². The van der Waals surface area contributed by atoms with E-state index in [1.165, 1.54) is 0 Å². The van der Waals surface area contributed by atoms with Gasteiger partial charge in [0.1, 0.15) is 0 Å². The van der Waals surface area contributed by atoms with Gasteiger partial charge in [0.25, 0.3) is 0 Å². The van der Waals surface area contributed by atoms with Gasteiger partial charge in [-0.15, -0.1) is 0 Å². The molecule has 2 nitrogen and oxygen atoms in total. The van der Waals surface area contributed by atoms with E-state index >= 15 is 0 Å². The van der Waals surface area contributed by atoms with Crippen LogP contribution in [0.2, 0.25) is 0 Å². The van der Waals surface area contributed by atoms with Gasteiger partial charge in [-0.3, -0.25) is 4.74 Å². The van der Waals surface area contributed by atoms with Crippen molar-refractivity contribution in [2.24, 2.45) is 0 Å². The summed E-state index contributed by atoms with van der Waals surface area (Å²) in [6.45, 7) is -0.943. The van der Waals surface area contributed by atoms with E-state index in [1.807, 2.05) is 0 Å². The van der Waals surface area contributed by atoms with Gasteiger partial charge in [-0.2, -0.15) is 8.78 Å². The largest absolute Gasteiger partial charge is 0.386 e. The highest BCUT2D eigenvalue weighted by Crippen LogP contribution is 2.16. The first-order chi connectivity index (χ1) is 3.98. The zero-order chi connectivity index (χ0) is 7.49. The number of aliphatic hydroxyl groups is 1. The average molecular weight is 144 g/mol. The first-order valence-electron chi connectivity index (χ1n) is 2.27. The Morgan fingerprint density at radius 1 is 1.67 bits per heavy atom. The van der Waals surface area contributed by atoms with Gasteiger partial charge >= 0.3 is 6.11 Å². The van der Waals surface area contributed by atoms with Gasteiger partial charge in [-0.1, -0.05) is 0 Å². The second-order valence-corrected chi connectivity index (χ2v) is 1.49. The highest BCUT2D eigenvalue weighted by molar-refractivity contribution is 4.47. The number of hydrogen-bond acceptors (Lipinski definition) is 2. The molecule has 1 atom stereocenters. The SMILES string of the molecule is CC(O)OC(F)(F)CF. The summed E-state index contributed by atoms with van der Waals surface area (Å²) in [6, 6.07) is 0. The number of aliphatic hydroxyl groups excluding tert-OH is 1. The van der Waals surface area contributed by atoms with Gasteiger partial charge in [0, 0.05) is 0 Å². The lowest BCUT2D eigenvalue weighted by Crippen LogP contribution is -2.28. The third-order valence-corrected chi connectivity index (χ3v) is 0.499. The van der Waals surface area contributed by atoms with Gasteiger partial charge < -0.3 is 5.11 Å². The van der Waals surface area contributed by atoms with Crippen molar-refractivity contribution < 1.29 is 23.0 Å². The molecule has 56 valence electrons. The number of hydrogen-bond donors (Lipinski definition) is 1. The van der Waals surface area contributed by atoms with Crippen LogP contribution in [0.25, 0.3) is 0 Å². The van der Waals surface area contributed by atoms with Crippen LogP contribution in [0.15, 0.2) is 0 Å². The lowest BCUT2D eigenvalue weighted by molar-refractivity contribution is -0.305. The first kappa shape index (κ1) is 8.71. The smallest absolute Gasteiger partial charge is 0.368 e. The fourth-order valence-corrected chi connectivity index (χ4v) is 0.281. The van der Waals surface area contributed by atoms with Crippen LogP contribution in [0.5, 0.6) is 0 Å². The van der Waals surface area contributed by atoms with Crippen molar-refractivity contribution in [1.29, 1.82) is 0 Å². The third-order valence-electron chi connectivity index (χ3n) is 0.499. The summed E-state index contributed by atoms with van der Waals surface area (Å²) in [5, 5.41) is 8.15. The minimum atomic E-state index is -3.85. The molecule has 0 amide bonds. The number of halogens is 3. The Labute approximate surface area is 50.2 Å². The summed E-state index contributed by atoms with van der Waals surface area (Å²) in [4.78, 5) is 0. The molecule has 0 spiro atoms. The monoisotopic (exact) mass is 144 g/mol. The van der Waals surface area contributed by atoms with Crippen LogP contribution in [-0.4, -0.2) is 24.2 Å². The molecule has 0 aliphatic rings. The maximum atomic E-state index is 11.6. The zero-order valence-electron chi connectivity index (χ0n) is 4.77. The fraction of sp³-hybridized carbons (Fsp3) is 1.00. The Kier molecular flexibility index (Phi) is 2.93. The molecule has 0 aromatic carbocycles. The average Bonchev–Trinajstić information content (AvgIpc) is 1.63. The summed E-state index contributed by atoms with van der Waals surface area (Å²) < 4.78 is 37.9. The molecule has 0 rings (SSSR count). The molecule has 1 unspecified atom stereocenters. The normalized spacial score (nSPS) is 15.7. The van der Waals surface area contributed by atoms with Crippen molar-refractivity contribution >= 4 is 0 Å². The minimum absolute atomic E-state index is 0.976. The first-order valence-corrected chi connectivity index (χ1v) is 2.27. The molecule has 9 heavy (non-hydrogen) atoms. The van der Waals surface area contributed by atoms with E-state index in [1.54, 1.807) is 0 Å². The van der Waals surface area contributed by atoms with Gasteiger partial charge in [-0.25, -0.2) is 4.39 Å². The predicted molar refractivity (Wildman–Crippen MR) is 23.7 cm³/mol. The highest BCUT2D eigenvalue weighted by Gasteiger charge is 2.31. The van der Waals surface area contributed by atoms with E-state index in [0.29, 0.717) is 0 Å². The Morgan fingerprint density at radius 2 is 2.11 bits per heavy atom. The summed E-state index contributed by atoms with van der Waals surface area (Å²) >= 11 is 0. The van der Waals surface area contributed by atoms with Crippen LogP contribution in [-0.2, 0) is 4.74 Å².